The second-order valence-corrected chi connectivity index (χ2v) is 13.8. The molecule has 0 saturated heterocycles. The van der Waals surface area contributed by atoms with Crippen LogP contribution in [0.15, 0.2) is 77.8 Å². The molecule has 2 N–H and O–H groups in total. The Morgan fingerprint density at radius 1 is 1.05 bits per heavy atom. The predicted molar refractivity (Wildman–Crippen MR) is 168 cm³/mol. The number of benzene rings is 3. The number of nitrogens with zero attached hydrogens (tertiary/aromatic N) is 3. The molecule has 0 saturated carbocycles. The number of fused-ring (bicyclic) bond motifs is 3. The minimum absolute atomic E-state index is 0. The maximum absolute atomic E-state index is 13.3. The number of sulfone groups is 1. The smallest absolute Gasteiger partial charge is 0.251 e. The second kappa shape index (κ2) is 12.2. The predicted octanol–water partition coefficient (Wildman–Crippen LogP) is 2.33. The molecule has 3 aromatic carbocycles. The number of quaternary nitrogens is 1. The first kappa shape index (κ1) is 31.8. The zero-order chi connectivity index (χ0) is 29.5. The van der Waals surface area contributed by atoms with Crippen molar-refractivity contribution in [1.82, 2.24) is 4.57 Å². The molecule has 0 aliphatic carbocycles. The molecule has 0 fully saturated rings. The van der Waals surface area contributed by atoms with Gasteiger partial charge in [0.25, 0.3) is 5.91 Å². The molecule has 1 amide bonds. The van der Waals surface area contributed by atoms with E-state index < -0.39 is 9.84 Å². The zero-order valence-electron chi connectivity index (χ0n) is 24.2. The maximum atomic E-state index is 13.3. The van der Waals surface area contributed by atoms with Crippen molar-refractivity contribution in [2.24, 2.45) is 7.05 Å². The lowest BCUT2D eigenvalue weighted by Crippen LogP contribution is -3.00. The number of nitrogens with two attached hydrogens (primary N) is 1. The number of anilines is 2. The van der Waals surface area contributed by atoms with Gasteiger partial charge in [0.2, 0.25) is 0 Å². The highest BCUT2D eigenvalue weighted by Crippen LogP contribution is 2.44. The van der Waals surface area contributed by atoms with Crippen LogP contribution in [-0.2, 0) is 34.8 Å². The number of amides is 1. The van der Waals surface area contributed by atoms with Crippen molar-refractivity contribution in [2.45, 2.75) is 24.0 Å². The summed E-state index contributed by atoms with van der Waals surface area (Å²) in [5.74, 6) is 0.364. The molecule has 7 nitrogen and oxygen atoms in total. The highest BCUT2D eigenvalue weighted by Gasteiger charge is 2.33. The molecule has 0 radical (unpaired) electrons. The topological polar surface area (TPSA) is 85.4 Å². The molecule has 1 atom stereocenters. The Kier molecular flexibility index (Phi) is 9.28. The standard InChI is InChI=1S/C32H36ClN4O3S.BrH/c1-35-25(14-16-31(35)41(4,39)40)21-37(2,3)20-23-11-9-22(10-12-23)13-15-30(38)36-19-24(18-33)32-27-8-6-5-7-26(27)28(34)17-29(32)36;/h5-17,24H,18-21,34H2,1-4H3;1H/q+1;/p-1/b15-13+;. The fourth-order valence-corrected chi connectivity index (χ4v) is 7.03. The molecule has 1 unspecified atom stereocenters. The van der Waals surface area contributed by atoms with E-state index in [1.54, 1.807) is 28.7 Å². The number of rotatable bonds is 8. The number of halogens is 2. The van der Waals surface area contributed by atoms with Gasteiger partial charge >= 0.3 is 0 Å². The van der Waals surface area contributed by atoms with Crippen LogP contribution < -0.4 is 27.6 Å². The Morgan fingerprint density at radius 3 is 2.33 bits per heavy atom. The fraction of sp³-hybridized carbons (Fsp3) is 0.281. The first-order valence-corrected chi connectivity index (χ1v) is 15.9. The quantitative estimate of drug-likeness (QED) is 0.135. The van der Waals surface area contributed by atoms with E-state index in [0.717, 1.165) is 45.4 Å². The normalized spacial score (nSPS) is 15.3. The average Bonchev–Trinajstić information content (AvgIpc) is 3.48. The van der Waals surface area contributed by atoms with Gasteiger partial charge in [-0.25, -0.2) is 8.42 Å². The minimum Gasteiger partial charge on any atom is -1.00 e. The third kappa shape index (κ3) is 6.44. The van der Waals surface area contributed by atoms with Crippen LogP contribution in [0, 0.1) is 0 Å². The molecule has 42 heavy (non-hydrogen) atoms. The fourth-order valence-electron chi connectivity index (χ4n) is 5.85. The van der Waals surface area contributed by atoms with Gasteiger partial charge in [-0.1, -0.05) is 48.5 Å². The van der Waals surface area contributed by atoms with E-state index in [1.807, 2.05) is 54.6 Å². The van der Waals surface area contributed by atoms with Crippen LogP contribution >= 0.6 is 11.6 Å². The van der Waals surface area contributed by atoms with E-state index in [2.05, 4.69) is 26.2 Å². The Hall–Kier alpha value is -3.11. The van der Waals surface area contributed by atoms with Crippen molar-refractivity contribution < 1.29 is 34.7 Å². The van der Waals surface area contributed by atoms with E-state index in [0.29, 0.717) is 34.2 Å². The van der Waals surface area contributed by atoms with Crippen LogP contribution in [0.25, 0.3) is 16.8 Å². The summed E-state index contributed by atoms with van der Waals surface area (Å²) in [5, 5.41) is 2.35. The van der Waals surface area contributed by atoms with Gasteiger partial charge in [-0.15, -0.1) is 11.6 Å². The zero-order valence-corrected chi connectivity index (χ0v) is 27.4. The third-order valence-corrected chi connectivity index (χ3v) is 9.35. The molecule has 5 rings (SSSR count). The van der Waals surface area contributed by atoms with Crippen LogP contribution in [0.4, 0.5) is 11.4 Å². The number of alkyl halides is 1. The summed E-state index contributed by atoms with van der Waals surface area (Å²) in [6.07, 6.45) is 4.67. The lowest BCUT2D eigenvalue weighted by Gasteiger charge is -2.30. The van der Waals surface area contributed by atoms with Crippen LogP contribution in [0.2, 0.25) is 0 Å². The van der Waals surface area contributed by atoms with E-state index in [1.165, 1.54) is 6.26 Å². The number of hydrogen-bond donors (Lipinski definition) is 1. The van der Waals surface area contributed by atoms with Crippen molar-refractivity contribution in [1.29, 1.82) is 0 Å². The molecule has 0 spiro atoms. The van der Waals surface area contributed by atoms with Crippen molar-refractivity contribution in [2.75, 3.05) is 43.4 Å². The summed E-state index contributed by atoms with van der Waals surface area (Å²) in [7, 11) is 2.77. The number of aromatic nitrogens is 1. The van der Waals surface area contributed by atoms with E-state index in [4.69, 9.17) is 17.3 Å². The van der Waals surface area contributed by atoms with Crippen LogP contribution in [0.3, 0.4) is 0 Å². The molecule has 2 heterocycles. The highest BCUT2D eigenvalue weighted by atomic mass is 79.9. The van der Waals surface area contributed by atoms with Crippen LogP contribution in [0.1, 0.15) is 28.3 Å². The SMILES string of the molecule is Cn1c(C[N+](C)(C)Cc2ccc(/C=C/C(=O)N3CC(CCl)c4c3cc(N)c3ccccc43)cc2)ccc1S(C)(=O)=O.[Br-]. The summed E-state index contributed by atoms with van der Waals surface area (Å²) < 4.78 is 26.4. The number of carbonyl (C=O) groups is 1. The van der Waals surface area contributed by atoms with E-state index in [9.17, 15) is 13.2 Å². The van der Waals surface area contributed by atoms with Gasteiger partial charge in [0.15, 0.2) is 9.84 Å². The number of hydrogen-bond acceptors (Lipinski definition) is 4. The molecule has 1 aliphatic rings. The lowest BCUT2D eigenvalue weighted by molar-refractivity contribution is -0.917. The van der Waals surface area contributed by atoms with E-state index >= 15 is 0 Å². The third-order valence-electron chi connectivity index (χ3n) is 7.81. The molecule has 222 valence electrons. The summed E-state index contributed by atoms with van der Waals surface area (Å²) in [4.78, 5) is 15.1. The van der Waals surface area contributed by atoms with Crippen molar-refractivity contribution in [3.8, 4) is 0 Å². The van der Waals surface area contributed by atoms with Crippen molar-refractivity contribution >= 4 is 55.6 Å². The van der Waals surface area contributed by atoms with Crippen LogP contribution in [-0.4, -0.2) is 56.2 Å². The van der Waals surface area contributed by atoms with Gasteiger partial charge in [-0.3, -0.25) is 4.79 Å². The van der Waals surface area contributed by atoms with Gasteiger partial charge in [0.1, 0.15) is 18.1 Å². The molecule has 1 aromatic heterocycles. The van der Waals surface area contributed by atoms with Gasteiger partial charge < -0.3 is 36.7 Å². The Bertz CT molecular complexity index is 1760. The van der Waals surface area contributed by atoms with Gasteiger partial charge in [0.05, 0.1) is 25.5 Å². The molecule has 0 bridgehead atoms. The summed E-state index contributed by atoms with van der Waals surface area (Å²) in [6.45, 7) is 1.97. The lowest BCUT2D eigenvalue weighted by atomic mass is 9.95. The van der Waals surface area contributed by atoms with Crippen molar-refractivity contribution in [3.63, 3.8) is 0 Å². The monoisotopic (exact) mass is 670 g/mol. The Labute approximate surface area is 263 Å². The molecular formula is C32H36BrClN4O3S. The maximum Gasteiger partial charge on any atom is 0.251 e. The Balaban J connectivity index is 0.00000405. The molecule has 4 aromatic rings. The highest BCUT2D eigenvalue weighted by molar-refractivity contribution is 7.90. The number of carbonyl (C=O) groups excluding carboxylic acids is 1. The first-order chi connectivity index (χ1) is 19.4. The molecule has 10 heteroatoms. The second-order valence-electron chi connectivity index (χ2n) is 11.6. The largest absolute Gasteiger partial charge is 1.00 e. The van der Waals surface area contributed by atoms with Gasteiger partial charge in [-0.2, -0.15) is 0 Å². The molecular weight excluding hydrogens is 636 g/mol. The van der Waals surface area contributed by atoms with Crippen LogP contribution in [0.5, 0.6) is 0 Å². The van der Waals surface area contributed by atoms with Crippen molar-refractivity contribution in [3.05, 3.63) is 95.2 Å². The van der Waals surface area contributed by atoms with Gasteiger partial charge in [0, 0.05) is 54.4 Å². The Morgan fingerprint density at radius 2 is 1.71 bits per heavy atom. The summed E-state index contributed by atoms with van der Waals surface area (Å²) >= 11 is 6.34. The first-order valence-electron chi connectivity index (χ1n) is 13.5. The van der Waals surface area contributed by atoms with Gasteiger partial charge in [-0.05, 0) is 40.8 Å². The summed E-state index contributed by atoms with van der Waals surface area (Å²) in [6, 6.07) is 21.6. The van der Waals surface area contributed by atoms with E-state index in [-0.39, 0.29) is 28.8 Å². The number of nitrogen functional groups attached to an aromatic ring is 1. The molecule has 1 aliphatic heterocycles. The summed E-state index contributed by atoms with van der Waals surface area (Å²) in [5.41, 5.74) is 12.0. The minimum atomic E-state index is -3.27. The average molecular weight is 672 g/mol.